The molecule has 0 saturated carbocycles. The van der Waals surface area contributed by atoms with Crippen LogP contribution in [0.5, 0.6) is 0 Å². The van der Waals surface area contributed by atoms with Gasteiger partial charge in [0.2, 0.25) is 0 Å². The Labute approximate surface area is 105 Å². The Morgan fingerprint density at radius 3 is 1.81 bits per heavy atom. The van der Waals surface area contributed by atoms with Crippen LogP contribution in [0.2, 0.25) is 0 Å². The zero-order valence-electron chi connectivity index (χ0n) is 8.59. The molecule has 4 amide bonds. The van der Waals surface area contributed by atoms with Gasteiger partial charge in [-0.2, -0.15) is 25.3 Å². The van der Waals surface area contributed by atoms with E-state index < -0.39 is 0 Å². The quantitative estimate of drug-likeness (QED) is 0.519. The Kier molecular flexibility index (Phi) is 3.38. The summed E-state index contributed by atoms with van der Waals surface area (Å²) in [5, 5.41) is 5.45. The van der Waals surface area contributed by atoms with E-state index >= 15 is 0 Å². The van der Waals surface area contributed by atoms with E-state index in [0.717, 1.165) is 0 Å². The van der Waals surface area contributed by atoms with Crippen molar-refractivity contribution in [2.45, 2.75) is 12.3 Å². The first kappa shape index (κ1) is 11.7. The van der Waals surface area contributed by atoms with E-state index in [2.05, 4.69) is 35.9 Å². The van der Waals surface area contributed by atoms with Crippen LogP contribution in [-0.2, 0) is 0 Å². The molecule has 0 aromatic rings. The molecule has 2 N–H and O–H groups in total. The first-order valence-electron chi connectivity index (χ1n) is 5.05. The molecule has 2 saturated heterocycles. The number of nitrogens with one attached hydrogen (secondary N) is 2. The molecule has 0 atom stereocenters. The molecule has 0 aromatic carbocycles. The lowest BCUT2D eigenvalue weighted by Crippen LogP contribution is -2.47. The molecule has 0 aliphatic carbocycles. The van der Waals surface area contributed by atoms with Crippen LogP contribution in [-0.4, -0.2) is 58.8 Å². The van der Waals surface area contributed by atoms with Gasteiger partial charge in [0, 0.05) is 24.6 Å². The predicted octanol–water partition coefficient (Wildman–Crippen LogP) is -0.451. The lowest BCUT2D eigenvalue weighted by Gasteiger charge is -2.28. The molecule has 90 valence electrons. The molecule has 2 rings (SSSR count). The number of hydrogen-bond donors (Lipinski definition) is 4. The van der Waals surface area contributed by atoms with Gasteiger partial charge in [-0.15, -0.1) is 0 Å². The Morgan fingerprint density at radius 1 is 1.00 bits per heavy atom. The van der Waals surface area contributed by atoms with E-state index in [-0.39, 0.29) is 24.4 Å². The zero-order valence-corrected chi connectivity index (χ0v) is 10.4. The van der Waals surface area contributed by atoms with Crippen LogP contribution in [0.4, 0.5) is 9.59 Å². The molecule has 2 aliphatic heterocycles. The third-order valence-electron chi connectivity index (χ3n) is 2.70. The molecule has 0 radical (unpaired) electrons. The van der Waals surface area contributed by atoms with Gasteiger partial charge in [0.15, 0.2) is 0 Å². The summed E-state index contributed by atoms with van der Waals surface area (Å²) >= 11 is 8.22. The highest BCUT2D eigenvalue weighted by Gasteiger charge is 2.49. The molecule has 2 heterocycles. The van der Waals surface area contributed by atoms with E-state index in [9.17, 15) is 9.59 Å². The van der Waals surface area contributed by atoms with Crippen molar-refractivity contribution in [1.82, 2.24) is 20.4 Å². The van der Waals surface area contributed by atoms with Crippen LogP contribution in [0.15, 0.2) is 0 Å². The van der Waals surface area contributed by atoms with Crippen molar-refractivity contribution in [3.63, 3.8) is 0 Å². The van der Waals surface area contributed by atoms with Crippen molar-refractivity contribution in [1.29, 1.82) is 0 Å². The van der Waals surface area contributed by atoms with Crippen molar-refractivity contribution in [2.75, 3.05) is 24.6 Å². The molecule has 2 aliphatic rings. The summed E-state index contributed by atoms with van der Waals surface area (Å²) in [5.41, 5.74) is 0. The number of amides is 4. The van der Waals surface area contributed by atoms with Crippen LogP contribution in [0, 0.1) is 0 Å². The maximum Gasteiger partial charge on any atom is 0.320 e. The second-order valence-electron chi connectivity index (χ2n) is 3.62. The fourth-order valence-electron chi connectivity index (χ4n) is 2.07. The molecular formula is C8H14N4O2S2. The van der Waals surface area contributed by atoms with Crippen LogP contribution < -0.4 is 10.6 Å². The van der Waals surface area contributed by atoms with Gasteiger partial charge in [0.1, 0.15) is 12.3 Å². The molecule has 16 heavy (non-hydrogen) atoms. The number of nitrogens with zero attached hydrogens (tertiary/aromatic N) is 2. The number of thiol groups is 2. The van der Waals surface area contributed by atoms with E-state index in [0.29, 0.717) is 24.6 Å². The van der Waals surface area contributed by atoms with Gasteiger partial charge < -0.3 is 10.6 Å². The largest absolute Gasteiger partial charge is 0.320 e. The Hall–Kier alpha value is -0.760. The fraction of sp³-hybridized carbons (Fsp3) is 0.750. The maximum atomic E-state index is 11.6. The Bertz CT molecular complexity index is 286. The molecule has 0 aromatic heterocycles. The minimum absolute atomic E-state index is 0.159. The lowest BCUT2D eigenvalue weighted by molar-refractivity contribution is 0.138. The summed E-state index contributed by atoms with van der Waals surface area (Å²) in [6.45, 7) is 1.04. The highest BCUT2D eigenvalue weighted by atomic mass is 32.1. The average Bonchev–Trinajstić information content (AvgIpc) is 2.68. The highest BCUT2D eigenvalue weighted by Crippen LogP contribution is 2.21. The highest BCUT2D eigenvalue weighted by molar-refractivity contribution is 7.80. The van der Waals surface area contributed by atoms with Crippen molar-refractivity contribution in [3.8, 4) is 0 Å². The molecular weight excluding hydrogens is 248 g/mol. The van der Waals surface area contributed by atoms with Crippen LogP contribution in [0.25, 0.3) is 0 Å². The maximum absolute atomic E-state index is 11.6. The minimum Gasteiger partial charge on any atom is -0.314 e. The van der Waals surface area contributed by atoms with Crippen molar-refractivity contribution in [2.24, 2.45) is 0 Å². The number of hydrogen-bond acceptors (Lipinski definition) is 4. The second kappa shape index (κ2) is 4.62. The van der Waals surface area contributed by atoms with Crippen LogP contribution in [0.3, 0.4) is 0 Å². The Morgan fingerprint density at radius 2 is 1.44 bits per heavy atom. The van der Waals surface area contributed by atoms with Crippen molar-refractivity contribution >= 4 is 37.3 Å². The smallest absolute Gasteiger partial charge is 0.314 e. The lowest BCUT2D eigenvalue weighted by atomic mass is 10.3. The predicted molar refractivity (Wildman–Crippen MR) is 65.8 cm³/mol. The summed E-state index contributed by atoms with van der Waals surface area (Å²) < 4.78 is 0. The van der Waals surface area contributed by atoms with Gasteiger partial charge in [0.05, 0.1) is 0 Å². The first-order valence-corrected chi connectivity index (χ1v) is 6.31. The van der Waals surface area contributed by atoms with E-state index in [1.165, 1.54) is 0 Å². The number of rotatable bonds is 4. The van der Waals surface area contributed by atoms with Gasteiger partial charge >= 0.3 is 12.1 Å². The van der Waals surface area contributed by atoms with Gasteiger partial charge in [-0.05, 0) is 0 Å². The normalized spacial score (nSPS) is 28.1. The molecule has 0 bridgehead atoms. The number of fused-ring (bicyclic) bond motifs is 1. The summed E-state index contributed by atoms with van der Waals surface area (Å²) in [7, 11) is 0. The SMILES string of the molecule is O=C1NC2NC(=O)N(CCS)C2N1CCS. The average molecular weight is 262 g/mol. The number of urea groups is 2. The van der Waals surface area contributed by atoms with Gasteiger partial charge in [-0.25, -0.2) is 9.59 Å². The van der Waals surface area contributed by atoms with Crippen molar-refractivity contribution in [3.05, 3.63) is 0 Å². The summed E-state index contributed by atoms with van der Waals surface area (Å²) in [6.07, 6.45) is -0.570. The van der Waals surface area contributed by atoms with E-state index in [1.54, 1.807) is 9.80 Å². The van der Waals surface area contributed by atoms with E-state index in [1.807, 2.05) is 0 Å². The summed E-state index contributed by atoms with van der Waals surface area (Å²) in [4.78, 5) is 26.5. The van der Waals surface area contributed by atoms with Gasteiger partial charge in [-0.1, -0.05) is 0 Å². The molecule has 2 fully saturated rings. The minimum atomic E-state index is -0.320. The standard InChI is InChI=1S/C8H14N4O2S2/c13-7-9-5-6(11(7)1-3-15)12(2-4-16)8(14)10-5/h5-6,15-16H,1-4H2,(H,9,13)(H,10,14). The van der Waals surface area contributed by atoms with Gasteiger partial charge in [-0.3, -0.25) is 9.80 Å². The molecule has 0 spiro atoms. The molecule has 6 nitrogen and oxygen atoms in total. The van der Waals surface area contributed by atoms with Crippen LogP contribution in [0.1, 0.15) is 0 Å². The third kappa shape index (κ3) is 1.80. The fourth-order valence-corrected chi connectivity index (χ4v) is 2.50. The van der Waals surface area contributed by atoms with Crippen molar-refractivity contribution < 1.29 is 9.59 Å². The molecule has 8 heteroatoms. The molecule has 0 unspecified atom stereocenters. The third-order valence-corrected chi connectivity index (χ3v) is 3.10. The van der Waals surface area contributed by atoms with E-state index in [4.69, 9.17) is 0 Å². The summed E-state index contributed by atoms with van der Waals surface area (Å²) in [5.74, 6) is 1.14. The Balaban J connectivity index is 2.16. The monoisotopic (exact) mass is 262 g/mol. The topological polar surface area (TPSA) is 64.7 Å². The summed E-state index contributed by atoms with van der Waals surface area (Å²) in [6, 6.07) is -0.318. The number of carbonyl (C=O) groups excluding carboxylic acids is 2. The van der Waals surface area contributed by atoms with Crippen LogP contribution >= 0.6 is 25.3 Å². The van der Waals surface area contributed by atoms with Gasteiger partial charge in [0.25, 0.3) is 0 Å². The zero-order chi connectivity index (χ0) is 11.7. The number of carbonyl (C=O) groups is 2. The first-order chi connectivity index (χ1) is 7.69. The second-order valence-corrected chi connectivity index (χ2v) is 4.52.